The van der Waals surface area contributed by atoms with Gasteiger partial charge in [-0.3, -0.25) is 10.1 Å². The largest absolute Gasteiger partial charge is 0.453 e. The average Bonchev–Trinajstić information content (AvgIpc) is 3.54. The van der Waals surface area contributed by atoms with Gasteiger partial charge in [0, 0.05) is 16.1 Å². The highest BCUT2D eigenvalue weighted by atomic mass is 35.5. The summed E-state index contributed by atoms with van der Waals surface area (Å²) in [5.74, 6) is -0.736. The number of carbonyl (C=O) groups excluding carboxylic acids is 1. The Hall–Kier alpha value is -4.30. The first-order valence-electron chi connectivity index (χ1n) is 11.7. The van der Waals surface area contributed by atoms with Crippen LogP contribution < -0.4 is 10.1 Å². The second-order valence-electron chi connectivity index (χ2n) is 8.67. The SMILES string of the molecule is Cc1ccc(C(=O)Nc2nc(C)c(-c3nnc(Cc4ccc(Cl)c(Oc5cc(Cl)cc(C#N)c5)c4F)o3)s2)cc1. The predicted octanol–water partition coefficient (Wildman–Crippen LogP) is 7.76. The fourth-order valence-corrected chi connectivity index (χ4v) is 5.00. The Morgan fingerprint density at radius 2 is 1.90 bits per heavy atom. The van der Waals surface area contributed by atoms with Gasteiger partial charge in [-0.1, -0.05) is 58.3 Å². The summed E-state index contributed by atoms with van der Waals surface area (Å²) >= 11 is 13.4. The van der Waals surface area contributed by atoms with Gasteiger partial charge < -0.3 is 9.15 Å². The van der Waals surface area contributed by atoms with Crippen LogP contribution >= 0.6 is 34.5 Å². The lowest BCUT2D eigenvalue weighted by Gasteiger charge is -2.11. The van der Waals surface area contributed by atoms with E-state index >= 15 is 4.39 Å². The quantitative estimate of drug-likeness (QED) is 0.205. The molecule has 1 amide bonds. The molecule has 3 aromatic carbocycles. The highest BCUT2D eigenvalue weighted by Crippen LogP contribution is 2.37. The first kappa shape index (κ1) is 27.3. The lowest BCUT2D eigenvalue weighted by molar-refractivity contribution is 0.102. The monoisotopic (exact) mass is 593 g/mol. The van der Waals surface area contributed by atoms with Crippen LogP contribution in [0.4, 0.5) is 9.52 Å². The zero-order valence-corrected chi connectivity index (χ0v) is 23.3. The van der Waals surface area contributed by atoms with E-state index in [1.165, 1.54) is 41.7 Å². The van der Waals surface area contributed by atoms with E-state index in [9.17, 15) is 4.79 Å². The molecule has 12 heteroatoms. The number of benzene rings is 3. The Balaban J connectivity index is 1.33. The molecule has 0 aliphatic carbocycles. The number of nitrogens with one attached hydrogen (secondary N) is 1. The van der Waals surface area contributed by atoms with Crippen molar-refractivity contribution in [2.45, 2.75) is 20.3 Å². The number of thiazole rings is 1. The first-order valence-corrected chi connectivity index (χ1v) is 13.3. The molecule has 0 aliphatic rings. The molecule has 0 saturated heterocycles. The van der Waals surface area contributed by atoms with Crippen molar-refractivity contribution in [2.75, 3.05) is 5.32 Å². The molecule has 0 saturated carbocycles. The van der Waals surface area contributed by atoms with Crippen molar-refractivity contribution in [3.8, 4) is 28.3 Å². The van der Waals surface area contributed by atoms with Crippen molar-refractivity contribution in [1.82, 2.24) is 15.2 Å². The van der Waals surface area contributed by atoms with Crippen molar-refractivity contribution >= 4 is 45.6 Å². The summed E-state index contributed by atoms with van der Waals surface area (Å²) in [6.45, 7) is 3.70. The second-order valence-corrected chi connectivity index (χ2v) is 10.5. The van der Waals surface area contributed by atoms with E-state index in [0.29, 0.717) is 21.3 Å². The fourth-order valence-electron chi connectivity index (χ4n) is 3.71. The van der Waals surface area contributed by atoms with Gasteiger partial charge in [0.15, 0.2) is 16.7 Å². The van der Waals surface area contributed by atoms with E-state index in [-0.39, 0.29) is 56.8 Å². The zero-order chi connectivity index (χ0) is 28.4. The summed E-state index contributed by atoms with van der Waals surface area (Å²) in [4.78, 5) is 17.5. The minimum absolute atomic E-state index is 0.0337. The molecular formula is C28H18Cl2FN5O3S. The minimum atomic E-state index is -0.721. The van der Waals surface area contributed by atoms with Gasteiger partial charge in [-0.2, -0.15) is 5.26 Å². The normalized spacial score (nSPS) is 10.8. The molecule has 2 aromatic heterocycles. The number of nitrogens with zero attached hydrogens (tertiary/aromatic N) is 4. The number of ether oxygens (including phenoxy) is 1. The van der Waals surface area contributed by atoms with Crippen LogP contribution in [0.25, 0.3) is 10.8 Å². The lowest BCUT2D eigenvalue weighted by atomic mass is 10.1. The Bertz CT molecular complexity index is 1780. The van der Waals surface area contributed by atoms with E-state index in [1.54, 1.807) is 19.1 Å². The van der Waals surface area contributed by atoms with Crippen LogP contribution in [0.15, 0.2) is 59.0 Å². The third-order valence-electron chi connectivity index (χ3n) is 5.68. The topological polar surface area (TPSA) is 114 Å². The molecule has 0 aliphatic heterocycles. The van der Waals surface area contributed by atoms with E-state index in [4.69, 9.17) is 37.6 Å². The molecule has 0 fully saturated rings. The average molecular weight is 594 g/mol. The highest BCUT2D eigenvalue weighted by Gasteiger charge is 2.21. The molecule has 0 bridgehead atoms. The minimum Gasteiger partial charge on any atom is -0.453 e. The van der Waals surface area contributed by atoms with Crippen molar-refractivity contribution < 1.29 is 18.3 Å². The highest BCUT2D eigenvalue weighted by molar-refractivity contribution is 7.19. The maximum Gasteiger partial charge on any atom is 0.259 e. The summed E-state index contributed by atoms with van der Waals surface area (Å²) in [5, 5.41) is 20.7. The summed E-state index contributed by atoms with van der Waals surface area (Å²) in [6, 6.07) is 16.5. The van der Waals surface area contributed by atoms with Crippen molar-refractivity contribution in [2.24, 2.45) is 0 Å². The van der Waals surface area contributed by atoms with Gasteiger partial charge >= 0.3 is 0 Å². The van der Waals surface area contributed by atoms with Crippen LogP contribution in [0.1, 0.15) is 38.6 Å². The Kier molecular flexibility index (Phi) is 7.80. The summed E-state index contributed by atoms with van der Waals surface area (Å²) in [6.07, 6.45) is -0.0414. The molecule has 8 nitrogen and oxygen atoms in total. The molecule has 200 valence electrons. The van der Waals surface area contributed by atoms with Crippen LogP contribution in [0, 0.1) is 31.0 Å². The Morgan fingerprint density at radius 3 is 2.65 bits per heavy atom. The number of amides is 1. The van der Waals surface area contributed by atoms with E-state index in [0.717, 1.165) is 5.56 Å². The van der Waals surface area contributed by atoms with Gasteiger partial charge in [-0.15, -0.1) is 10.2 Å². The van der Waals surface area contributed by atoms with E-state index in [2.05, 4.69) is 20.5 Å². The second kappa shape index (κ2) is 11.4. The molecule has 0 atom stereocenters. The van der Waals surface area contributed by atoms with Crippen molar-refractivity contribution in [3.63, 3.8) is 0 Å². The number of anilines is 1. The van der Waals surface area contributed by atoms with Gasteiger partial charge in [0.05, 0.1) is 28.8 Å². The third kappa shape index (κ3) is 5.97. The van der Waals surface area contributed by atoms with Crippen molar-refractivity contribution in [3.05, 3.63) is 104 Å². The number of rotatable bonds is 7. The van der Waals surface area contributed by atoms with Gasteiger partial charge in [0.1, 0.15) is 10.6 Å². The number of aryl methyl sites for hydroxylation is 2. The number of aromatic nitrogens is 3. The Labute approximate surface area is 242 Å². The summed E-state index contributed by atoms with van der Waals surface area (Å²) < 4.78 is 26.9. The Morgan fingerprint density at radius 1 is 1.12 bits per heavy atom. The molecule has 5 rings (SSSR count). The number of halogens is 3. The smallest absolute Gasteiger partial charge is 0.259 e. The number of carbonyl (C=O) groups is 1. The van der Waals surface area contributed by atoms with Gasteiger partial charge in [-0.05, 0) is 50.2 Å². The molecule has 1 N–H and O–H groups in total. The molecular weight excluding hydrogens is 576 g/mol. The molecule has 0 unspecified atom stereocenters. The van der Waals surface area contributed by atoms with Crippen LogP contribution in [0.3, 0.4) is 0 Å². The van der Waals surface area contributed by atoms with E-state index in [1.807, 2.05) is 25.1 Å². The summed E-state index contributed by atoms with van der Waals surface area (Å²) in [7, 11) is 0. The van der Waals surface area contributed by atoms with Gasteiger partial charge in [0.2, 0.25) is 5.89 Å². The lowest BCUT2D eigenvalue weighted by Crippen LogP contribution is -2.11. The molecule has 40 heavy (non-hydrogen) atoms. The van der Waals surface area contributed by atoms with Crippen LogP contribution in [0.5, 0.6) is 11.5 Å². The van der Waals surface area contributed by atoms with Crippen LogP contribution in [0.2, 0.25) is 10.0 Å². The molecule has 0 radical (unpaired) electrons. The third-order valence-corrected chi connectivity index (χ3v) is 7.26. The standard InChI is InChI=1S/C28H18Cl2FN5O3S/c1-14-3-5-17(6-4-14)26(37)34-28-33-15(2)25(40-28)27-36-35-22(39-27)11-18-7-8-21(30)24(23(18)31)38-20-10-16(13-32)9-19(29)12-20/h3-10,12H,11H2,1-2H3,(H,33,34,37). The number of nitriles is 1. The first-order chi connectivity index (χ1) is 19.2. The molecule has 5 aromatic rings. The zero-order valence-electron chi connectivity index (χ0n) is 21.0. The number of hydrogen-bond acceptors (Lipinski definition) is 8. The maximum absolute atomic E-state index is 15.4. The van der Waals surface area contributed by atoms with Crippen molar-refractivity contribution in [1.29, 1.82) is 5.26 Å². The fraction of sp³-hybridized carbons (Fsp3) is 0.107. The summed E-state index contributed by atoms with van der Waals surface area (Å²) in [5.41, 5.74) is 2.60. The van der Waals surface area contributed by atoms with Crippen LogP contribution in [-0.4, -0.2) is 21.1 Å². The van der Waals surface area contributed by atoms with Gasteiger partial charge in [0.25, 0.3) is 11.8 Å². The molecule has 2 heterocycles. The van der Waals surface area contributed by atoms with E-state index < -0.39 is 5.82 Å². The molecule has 0 spiro atoms. The maximum atomic E-state index is 15.4. The van der Waals surface area contributed by atoms with Crippen LogP contribution in [-0.2, 0) is 6.42 Å². The predicted molar refractivity (Wildman–Crippen MR) is 150 cm³/mol. The van der Waals surface area contributed by atoms with Gasteiger partial charge in [-0.25, -0.2) is 9.37 Å². The number of hydrogen-bond donors (Lipinski definition) is 1.